The van der Waals surface area contributed by atoms with Gasteiger partial charge in [-0.1, -0.05) is 0 Å². The van der Waals surface area contributed by atoms with Gasteiger partial charge in [-0.05, 0) is 36.1 Å². The number of aliphatic carboxylic acids is 1. The Morgan fingerprint density at radius 3 is 2.70 bits per heavy atom. The zero-order valence-electron chi connectivity index (χ0n) is 11.3. The number of hydrogen-bond acceptors (Lipinski definition) is 4. The molecule has 1 aromatic heterocycles. The molecule has 1 aromatic rings. The highest BCUT2D eigenvalue weighted by atomic mass is 32.1. The molecule has 1 saturated carbocycles. The lowest BCUT2D eigenvalue weighted by molar-refractivity contribution is -0.139. The quantitative estimate of drug-likeness (QED) is 0.927. The maximum Gasteiger partial charge on any atom is 0.307 e. The number of carboxylic acids is 1. The third kappa shape index (κ3) is 2.08. The van der Waals surface area contributed by atoms with Gasteiger partial charge in [0.1, 0.15) is 10.6 Å². The molecule has 0 radical (unpaired) electrons. The number of amides is 1. The molecule has 1 aliphatic heterocycles. The van der Waals surface area contributed by atoms with Crippen molar-refractivity contribution in [3.63, 3.8) is 0 Å². The van der Waals surface area contributed by atoms with Crippen LogP contribution in [0.15, 0.2) is 11.4 Å². The fraction of sp³-hybridized carbons (Fsp3) is 0.571. The molecule has 1 N–H and O–H groups in total. The minimum absolute atomic E-state index is 0.000718. The highest BCUT2D eigenvalue weighted by molar-refractivity contribution is 7.12. The van der Waals surface area contributed by atoms with E-state index < -0.39 is 5.97 Å². The topological polar surface area (TPSA) is 66.8 Å². The van der Waals surface area contributed by atoms with Gasteiger partial charge in [0.25, 0.3) is 5.91 Å². The molecule has 108 valence electrons. The molecule has 20 heavy (non-hydrogen) atoms. The van der Waals surface area contributed by atoms with Crippen molar-refractivity contribution in [1.82, 2.24) is 4.90 Å². The number of carbonyl (C=O) groups is 2. The highest BCUT2D eigenvalue weighted by Gasteiger charge is 2.59. The van der Waals surface area contributed by atoms with E-state index in [4.69, 9.17) is 9.84 Å². The largest absolute Gasteiger partial charge is 0.495 e. The van der Waals surface area contributed by atoms with Gasteiger partial charge in [0.2, 0.25) is 0 Å². The van der Waals surface area contributed by atoms with Gasteiger partial charge in [-0.2, -0.15) is 0 Å². The van der Waals surface area contributed by atoms with E-state index in [2.05, 4.69) is 0 Å². The molecule has 3 rings (SSSR count). The van der Waals surface area contributed by atoms with E-state index in [1.54, 1.807) is 13.2 Å². The van der Waals surface area contributed by atoms with E-state index in [0.29, 0.717) is 23.7 Å². The zero-order chi connectivity index (χ0) is 14.3. The lowest BCUT2D eigenvalue weighted by Gasteiger charge is -2.32. The van der Waals surface area contributed by atoms with Gasteiger partial charge in [0.15, 0.2) is 0 Å². The molecule has 2 aliphatic rings. The molecule has 0 aromatic carbocycles. The summed E-state index contributed by atoms with van der Waals surface area (Å²) in [6, 6.07) is 1.80. The number of thiophene rings is 1. The van der Waals surface area contributed by atoms with Crippen LogP contribution >= 0.6 is 11.3 Å². The highest BCUT2D eigenvalue weighted by Crippen LogP contribution is 2.59. The molecule has 1 atom stereocenters. The van der Waals surface area contributed by atoms with Gasteiger partial charge in [-0.15, -0.1) is 11.3 Å². The summed E-state index contributed by atoms with van der Waals surface area (Å²) in [4.78, 5) is 25.9. The number of ether oxygens (including phenoxy) is 1. The van der Waals surface area contributed by atoms with Gasteiger partial charge in [-0.25, -0.2) is 0 Å². The fourth-order valence-corrected chi connectivity index (χ4v) is 3.99. The Morgan fingerprint density at radius 2 is 2.15 bits per heavy atom. The van der Waals surface area contributed by atoms with Crippen LogP contribution in [0.1, 0.15) is 28.9 Å². The number of carboxylic acid groups (broad SMARTS) is 1. The lowest BCUT2D eigenvalue weighted by atomic mass is 9.91. The molecular formula is C14H17NO4S. The average molecular weight is 295 g/mol. The molecule has 2 heterocycles. The summed E-state index contributed by atoms with van der Waals surface area (Å²) in [5, 5.41) is 10.9. The Labute approximate surface area is 121 Å². The Balaban J connectivity index is 1.64. The standard InChI is InChI=1S/C14H17NO4S/c1-19-10-2-7-20-11(10)12(16)15-5-3-14(4-6-15)8-9(14)13(17)18/h2,7,9H,3-6,8H2,1H3,(H,17,18). The molecule has 1 unspecified atom stereocenters. The van der Waals surface area contributed by atoms with E-state index in [-0.39, 0.29) is 17.2 Å². The predicted molar refractivity (Wildman–Crippen MR) is 74.2 cm³/mol. The van der Waals surface area contributed by atoms with Gasteiger partial charge in [0.05, 0.1) is 13.0 Å². The van der Waals surface area contributed by atoms with Crippen molar-refractivity contribution in [2.75, 3.05) is 20.2 Å². The predicted octanol–water partition coefficient (Wildman–Crippen LogP) is 2.08. The first-order valence-electron chi connectivity index (χ1n) is 6.71. The maximum atomic E-state index is 12.4. The first-order chi connectivity index (χ1) is 9.57. The van der Waals surface area contributed by atoms with Crippen LogP contribution in [0.2, 0.25) is 0 Å². The van der Waals surface area contributed by atoms with Gasteiger partial charge in [0, 0.05) is 13.1 Å². The van der Waals surface area contributed by atoms with E-state index >= 15 is 0 Å². The van der Waals surface area contributed by atoms with Crippen LogP contribution in [-0.4, -0.2) is 42.1 Å². The van der Waals surface area contributed by atoms with Crippen LogP contribution < -0.4 is 4.74 Å². The second kappa shape index (κ2) is 4.77. The van der Waals surface area contributed by atoms with Crippen LogP contribution in [-0.2, 0) is 4.79 Å². The van der Waals surface area contributed by atoms with E-state index in [0.717, 1.165) is 19.3 Å². The third-order valence-corrected chi connectivity index (χ3v) is 5.46. The smallest absolute Gasteiger partial charge is 0.307 e. The van der Waals surface area contributed by atoms with Crippen molar-refractivity contribution in [3.05, 3.63) is 16.3 Å². The second-order valence-corrected chi connectivity index (χ2v) is 6.48. The molecular weight excluding hydrogens is 278 g/mol. The molecule has 1 saturated heterocycles. The number of likely N-dealkylation sites (tertiary alicyclic amines) is 1. The summed E-state index contributed by atoms with van der Waals surface area (Å²) in [7, 11) is 1.56. The van der Waals surface area contributed by atoms with Crippen LogP contribution in [0.5, 0.6) is 5.75 Å². The summed E-state index contributed by atoms with van der Waals surface area (Å²) in [5.41, 5.74) is -0.0395. The fourth-order valence-electron chi connectivity index (χ4n) is 3.16. The minimum atomic E-state index is -0.690. The van der Waals surface area contributed by atoms with Gasteiger partial charge < -0.3 is 14.7 Å². The van der Waals surface area contributed by atoms with Crippen molar-refractivity contribution in [1.29, 1.82) is 0 Å². The lowest BCUT2D eigenvalue weighted by Crippen LogP contribution is -2.39. The van der Waals surface area contributed by atoms with Crippen molar-refractivity contribution in [2.45, 2.75) is 19.3 Å². The molecule has 1 aliphatic carbocycles. The van der Waals surface area contributed by atoms with Crippen LogP contribution in [0.25, 0.3) is 0 Å². The summed E-state index contributed by atoms with van der Waals surface area (Å²) >= 11 is 1.39. The molecule has 1 amide bonds. The Bertz CT molecular complexity index is 545. The Kier molecular flexibility index (Phi) is 3.20. The molecule has 6 heteroatoms. The first kappa shape index (κ1) is 13.4. The maximum absolute atomic E-state index is 12.4. The average Bonchev–Trinajstić information content (AvgIpc) is 2.96. The molecule has 0 bridgehead atoms. The summed E-state index contributed by atoms with van der Waals surface area (Å²) < 4.78 is 5.18. The Hall–Kier alpha value is -1.56. The first-order valence-corrected chi connectivity index (χ1v) is 7.59. The number of methoxy groups -OCH3 is 1. The van der Waals surface area contributed by atoms with Crippen molar-refractivity contribution in [3.8, 4) is 5.75 Å². The van der Waals surface area contributed by atoms with Gasteiger partial charge >= 0.3 is 5.97 Å². The van der Waals surface area contributed by atoms with Crippen molar-refractivity contribution >= 4 is 23.2 Å². The number of piperidine rings is 1. The summed E-state index contributed by atoms with van der Waals surface area (Å²) in [5.74, 6) is -0.268. The number of nitrogens with zero attached hydrogens (tertiary/aromatic N) is 1. The third-order valence-electron chi connectivity index (χ3n) is 4.58. The second-order valence-electron chi connectivity index (χ2n) is 5.57. The zero-order valence-corrected chi connectivity index (χ0v) is 12.1. The van der Waals surface area contributed by atoms with E-state index in [1.807, 2.05) is 10.3 Å². The van der Waals surface area contributed by atoms with Crippen LogP contribution in [0.4, 0.5) is 0 Å². The van der Waals surface area contributed by atoms with Crippen LogP contribution in [0, 0.1) is 11.3 Å². The molecule has 2 fully saturated rings. The number of carbonyl (C=O) groups excluding carboxylic acids is 1. The molecule has 1 spiro atoms. The SMILES string of the molecule is COc1ccsc1C(=O)N1CCC2(CC1)CC2C(=O)O. The van der Waals surface area contributed by atoms with Crippen LogP contribution in [0.3, 0.4) is 0 Å². The number of rotatable bonds is 3. The molecule has 5 nitrogen and oxygen atoms in total. The Morgan fingerprint density at radius 1 is 1.45 bits per heavy atom. The number of hydrogen-bond donors (Lipinski definition) is 1. The van der Waals surface area contributed by atoms with E-state index in [1.165, 1.54) is 11.3 Å². The summed E-state index contributed by atoms with van der Waals surface area (Å²) in [6.45, 7) is 1.29. The van der Waals surface area contributed by atoms with E-state index in [9.17, 15) is 9.59 Å². The normalized spacial score (nSPS) is 23.6. The monoisotopic (exact) mass is 295 g/mol. The minimum Gasteiger partial charge on any atom is -0.495 e. The van der Waals surface area contributed by atoms with Crippen molar-refractivity contribution in [2.24, 2.45) is 11.3 Å². The van der Waals surface area contributed by atoms with Crippen molar-refractivity contribution < 1.29 is 19.4 Å². The van der Waals surface area contributed by atoms with Gasteiger partial charge in [-0.3, -0.25) is 9.59 Å². The summed E-state index contributed by atoms with van der Waals surface area (Å²) in [6.07, 6.45) is 2.36.